The van der Waals surface area contributed by atoms with Gasteiger partial charge < -0.3 is 20.5 Å². The van der Waals surface area contributed by atoms with Crippen molar-refractivity contribution in [3.8, 4) is 5.75 Å². The van der Waals surface area contributed by atoms with Gasteiger partial charge >= 0.3 is 5.97 Å². The van der Waals surface area contributed by atoms with Crippen molar-refractivity contribution in [1.82, 2.24) is 5.32 Å². The van der Waals surface area contributed by atoms with Crippen LogP contribution in [0.3, 0.4) is 0 Å². The normalized spacial score (nSPS) is 29.3. The molecule has 1 aromatic carbocycles. The van der Waals surface area contributed by atoms with E-state index in [1.807, 2.05) is 0 Å². The SMILES string of the molecule is COC(=O)c1cccc(NC(=O)CNC(=O)CC23CC4CC(CC(C4)C2)C3)c1O. The summed E-state index contributed by atoms with van der Waals surface area (Å²) in [6.45, 7) is -0.174. The molecule has 0 heterocycles. The number of phenols is 1. The van der Waals surface area contributed by atoms with Crippen molar-refractivity contribution >= 4 is 23.5 Å². The van der Waals surface area contributed by atoms with E-state index in [4.69, 9.17) is 0 Å². The molecule has 0 unspecified atom stereocenters. The number of phenolic OH excluding ortho intramolecular Hbond substituents is 1. The van der Waals surface area contributed by atoms with Crippen molar-refractivity contribution in [2.45, 2.75) is 44.9 Å². The first-order chi connectivity index (χ1) is 13.9. The molecule has 7 nitrogen and oxygen atoms in total. The molecule has 0 aliphatic heterocycles. The van der Waals surface area contributed by atoms with Crippen LogP contribution in [0.2, 0.25) is 0 Å². The first-order valence-electron chi connectivity index (χ1n) is 10.3. The van der Waals surface area contributed by atoms with Gasteiger partial charge in [-0.05, 0) is 73.8 Å². The minimum Gasteiger partial charge on any atom is -0.505 e. The molecule has 0 spiro atoms. The summed E-state index contributed by atoms with van der Waals surface area (Å²) in [5.41, 5.74) is 0.201. The highest BCUT2D eigenvalue weighted by molar-refractivity contribution is 5.99. The Labute approximate surface area is 170 Å². The van der Waals surface area contributed by atoms with Crippen molar-refractivity contribution in [3.05, 3.63) is 23.8 Å². The van der Waals surface area contributed by atoms with Crippen LogP contribution in [0.5, 0.6) is 5.75 Å². The third-order valence-electron chi connectivity index (χ3n) is 6.86. The van der Waals surface area contributed by atoms with Crippen LogP contribution in [0.25, 0.3) is 0 Å². The molecule has 5 rings (SSSR count). The Hall–Kier alpha value is -2.57. The van der Waals surface area contributed by atoms with Gasteiger partial charge in [0.15, 0.2) is 5.75 Å². The van der Waals surface area contributed by atoms with Gasteiger partial charge in [0.25, 0.3) is 0 Å². The Balaban J connectivity index is 1.30. The maximum atomic E-state index is 12.5. The van der Waals surface area contributed by atoms with Gasteiger partial charge in [0.05, 0.1) is 19.3 Å². The fourth-order valence-corrected chi connectivity index (χ4v) is 6.20. The van der Waals surface area contributed by atoms with Gasteiger partial charge in [0.1, 0.15) is 5.56 Å². The van der Waals surface area contributed by atoms with E-state index in [0.717, 1.165) is 37.0 Å². The molecule has 7 heteroatoms. The van der Waals surface area contributed by atoms with Crippen LogP contribution < -0.4 is 10.6 Å². The molecule has 29 heavy (non-hydrogen) atoms. The van der Waals surface area contributed by atoms with Crippen molar-refractivity contribution < 1.29 is 24.2 Å². The monoisotopic (exact) mass is 400 g/mol. The number of carbonyl (C=O) groups is 3. The van der Waals surface area contributed by atoms with Gasteiger partial charge in [-0.3, -0.25) is 9.59 Å². The molecule has 3 N–H and O–H groups in total. The highest BCUT2D eigenvalue weighted by Crippen LogP contribution is 2.61. The fourth-order valence-electron chi connectivity index (χ4n) is 6.20. The smallest absolute Gasteiger partial charge is 0.341 e. The van der Waals surface area contributed by atoms with Crippen molar-refractivity contribution in [2.75, 3.05) is 19.0 Å². The molecule has 4 aliphatic carbocycles. The van der Waals surface area contributed by atoms with E-state index in [9.17, 15) is 19.5 Å². The fraction of sp³-hybridized carbons (Fsp3) is 0.591. The Morgan fingerprint density at radius 3 is 2.28 bits per heavy atom. The van der Waals surface area contributed by atoms with Gasteiger partial charge in [0.2, 0.25) is 11.8 Å². The topological polar surface area (TPSA) is 105 Å². The maximum absolute atomic E-state index is 12.5. The number of nitrogens with one attached hydrogen (secondary N) is 2. The summed E-state index contributed by atoms with van der Waals surface area (Å²) in [7, 11) is 1.21. The van der Waals surface area contributed by atoms with Crippen molar-refractivity contribution in [2.24, 2.45) is 23.2 Å². The average Bonchev–Trinajstić information content (AvgIpc) is 2.66. The molecule has 4 saturated carbocycles. The third-order valence-corrected chi connectivity index (χ3v) is 6.86. The molecule has 0 radical (unpaired) electrons. The largest absolute Gasteiger partial charge is 0.505 e. The number of aromatic hydroxyl groups is 1. The van der Waals surface area contributed by atoms with E-state index in [2.05, 4.69) is 15.4 Å². The van der Waals surface area contributed by atoms with Crippen LogP contribution in [0, 0.1) is 23.2 Å². The van der Waals surface area contributed by atoms with Crippen molar-refractivity contribution in [1.29, 1.82) is 0 Å². The predicted octanol–water partition coefficient (Wildman–Crippen LogP) is 2.84. The minimum atomic E-state index is -0.692. The summed E-state index contributed by atoms with van der Waals surface area (Å²) >= 11 is 0. The number of hydrogen-bond acceptors (Lipinski definition) is 5. The van der Waals surface area contributed by atoms with E-state index >= 15 is 0 Å². The lowest BCUT2D eigenvalue weighted by Crippen LogP contribution is -2.48. The number of carbonyl (C=O) groups excluding carboxylic acids is 3. The van der Waals surface area contributed by atoms with Gasteiger partial charge in [-0.2, -0.15) is 0 Å². The maximum Gasteiger partial charge on any atom is 0.341 e. The molecular formula is C22H28N2O5. The molecule has 2 amide bonds. The summed E-state index contributed by atoms with van der Waals surface area (Å²) in [6, 6.07) is 4.42. The molecule has 0 atom stereocenters. The van der Waals surface area contributed by atoms with Crippen LogP contribution in [0.4, 0.5) is 5.69 Å². The molecule has 4 bridgehead atoms. The second-order valence-electron chi connectivity index (χ2n) is 9.11. The predicted molar refractivity (Wildman–Crippen MR) is 106 cm³/mol. The molecule has 1 aromatic rings. The van der Waals surface area contributed by atoms with Crippen LogP contribution >= 0.6 is 0 Å². The van der Waals surface area contributed by atoms with Crippen LogP contribution in [0.15, 0.2) is 18.2 Å². The molecule has 156 valence electrons. The summed E-state index contributed by atoms with van der Waals surface area (Å²) in [5, 5.41) is 15.4. The number of esters is 1. The first kappa shape index (κ1) is 19.7. The first-order valence-corrected chi connectivity index (χ1v) is 10.3. The van der Waals surface area contributed by atoms with Gasteiger partial charge in [0, 0.05) is 6.42 Å². The number of hydrogen-bond donors (Lipinski definition) is 3. The lowest BCUT2D eigenvalue weighted by atomic mass is 9.49. The number of ether oxygens (including phenoxy) is 1. The molecule has 0 saturated heterocycles. The summed E-state index contributed by atoms with van der Waals surface area (Å²) < 4.78 is 4.60. The minimum absolute atomic E-state index is 0.0313. The highest BCUT2D eigenvalue weighted by atomic mass is 16.5. The Kier molecular flexibility index (Phi) is 5.23. The zero-order valence-corrected chi connectivity index (χ0v) is 16.7. The Morgan fingerprint density at radius 1 is 1.07 bits per heavy atom. The Morgan fingerprint density at radius 2 is 1.69 bits per heavy atom. The van der Waals surface area contributed by atoms with E-state index in [1.165, 1.54) is 44.6 Å². The molecule has 0 aromatic heterocycles. The number of benzene rings is 1. The highest BCUT2D eigenvalue weighted by Gasteiger charge is 2.51. The van der Waals surface area contributed by atoms with Gasteiger partial charge in [-0.1, -0.05) is 6.07 Å². The summed E-state index contributed by atoms with van der Waals surface area (Å²) in [4.78, 5) is 36.4. The van der Waals surface area contributed by atoms with E-state index in [-0.39, 0.29) is 34.9 Å². The van der Waals surface area contributed by atoms with Gasteiger partial charge in [-0.15, -0.1) is 0 Å². The number of amides is 2. The van der Waals surface area contributed by atoms with E-state index < -0.39 is 11.9 Å². The molecule has 4 fully saturated rings. The zero-order chi connectivity index (χ0) is 20.6. The standard InChI is InChI=1S/C22H28N2O5/c1-29-21(28)16-3-2-4-17(20(16)27)24-19(26)12-23-18(25)11-22-8-13-5-14(9-22)7-15(6-13)10-22/h2-4,13-15,27H,5-12H2,1H3,(H,23,25)(H,24,26). The molecular weight excluding hydrogens is 372 g/mol. The Bertz CT molecular complexity index is 799. The van der Waals surface area contributed by atoms with E-state index in [0.29, 0.717) is 6.42 Å². The van der Waals surface area contributed by atoms with Crippen LogP contribution in [0.1, 0.15) is 55.3 Å². The van der Waals surface area contributed by atoms with Crippen LogP contribution in [-0.2, 0) is 14.3 Å². The third kappa shape index (κ3) is 4.09. The number of methoxy groups -OCH3 is 1. The van der Waals surface area contributed by atoms with E-state index in [1.54, 1.807) is 0 Å². The number of anilines is 1. The number of para-hydroxylation sites is 1. The second-order valence-corrected chi connectivity index (χ2v) is 9.11. The summed E-state index contributed by atoms with van der Waals surface area (Å²) in [6.07, 6.45) is 7.92. The van der Waals surface area contributed by atoms with Gasteiger partial charge in [-0.25, -0.2) is 4.79 Å². The lowest BCUT2D eigenvalue weighted by molar-refractivity contribution is -0.131. The van der Waals surface area contributed by atoms with Crippen molar-refractivity contribution in [3.63, 3.8) is 0 Å². The average molecular weight is 400 g/mol. The zero-order valence-electron chi connectivity index (χ0n) is 16.7. The second kappa shape index (κ2) is 7.69. The number of rotatable bonds is 6. The lowest BCUT2D eigenvalue weighted by Gasteiger charge is -2.56. The quantitative estimate of drug-likeness (QED) is 0.503. The molecule has 4 aliphatic rings. The van der Waals surface area contributed by atoms with Crippen LogP contribution in [-0.4, -0.2) is 36.5 Å². The summed E-state index contributed by atoms with van der Waals surface area (Å²) in [5.74, 6) is 0.748.